The molecule has 4 rings (SSSR count). The minimum absolute atomic E-state index is 0.0508. The second-order valence-electron chi connectivity index (χ2n) is 9.13. The van der Waals surface area contributed by atoms with E-state index in [2.05, 4.69) is 25.4 Å². The lowest BCUT2D eigenvalue weighted by atomic mass is 10.0. The van der Waals surface area contributed by atoms with Crippen LogP contribution in [-0.2, 0) is 12.1 Å². The summed E-state index contributed by atoms with van der Waals surface area (Å²) in [6.07, 6.45) is 2.19. The maximum Gasteiger partial charge on any atom is 0.321 e. The van der Waals surface area contributed by atoms with E-state index in [1.165, 1.54) is 0 Å². The summed E-state index contributed by atoms with van der Waals surface area (Å²) in [5.41, 5.74) is 1.32. The van der Waals surface area contributed by atoms with E-state index >= 15 is 0 Å². The summed E-state index contributed by atoms with van der Waals surface area (Å²) in [5.74, 6) is 0.0747. The fourth-order valence-corrected chi connectivity index (χ4v) is 4.69. The number of urea groups is 1. The second kappa shape index (κ2) is 8.51. The molecule has 3 amide bonds. The zero-order valence-corrected chi connectivity index (χ0v) is 19.0. The number of aliphatic hydroxyl groups excluding tert-OH is 1. The third kappa shape index (κ3) is 3.84. The highest BCUT2D eigenvalue weighted by Crippen LogP contribution is 2.41. The van der Waals surface area contributed by atoms with Crippen molar-refractivity contribution < 1.29 is 14.7 Å². The van der Waals surface area contributed by atoms with Crippen molar-refractivity contribution in [1.82, 2.24) is 29.9 Å². The third-order valence-corrected chi connectivity index (χ3v) is 6.65. The monoisotopic (exact) mass is 441 g/mol. The molecule has 0 aliphatic carbocycles. The van der Waals surface area contributed by atoms with Crippen LogP contribution in [0.3, 0.4) is 0 Å². The van der Waals surface area contributed by atoms with E-state index in [0.717, 1.165) is 17.8 Å². The highest BCUT2D eigenvalue weighted by Gasteiger charge is 2.46. The molecule has 10 nitrogen and oxygen atoms in total. The molecule has 0 radical (unpaired) electrons. The topological polar surface area (TPSA) is 118 Å². The molecule has 172 valence electrons. The number of nitrogens with one attached hydrogen (secondary N) is 2. The number of piperazine rings is 1. The molecule has 2 aromatic heterocycles. The SMILES string of the molecule is C[C@H]1CN(C)[C@H](CCO)CN1C(=O)N1Cc2c(NC(=O)c3ccccn3)n[nH]c2C1(C)C. The number of anilines is 1. The van der Waals surface area contributed by atoms with Gasteiger partial charge in [-0.25, -0.2) is 4.79 Å². The zero-order valence-electron chi connectivity index (χ0n) is 19.0. The number of carbonyl (C=O) groups is 2. The van der Waals surface area contributed by atoms with Gasteiger partial charge in [0.15, 0.2) is 5.82 Å². The summed E-state index contributed by atoms with van der Waals surface area (Å²) in [6, 6.07) is 5.27. The number of nitrogens with zero attached hydrogens (tertiary/aromatic N) is 5. The molecule has 4 heterocycles. The van der Waals surface area contributed by atoms with E-state index in [9.17, 15) is 14.7 Å². The molecule has 1 fully saturated rings. The van der Waals surface area contributed by atoms with E-state index < -0.39 is 5.54 Å². The van der Waals surface area contributed by atoms with Crippen LogP contribution in [-0.4, -0.2) is 85.8 Å². The van der Waals surface area contributed by atoms with Gasteiger partial charge in [-0.2, -0.15) is 5.10 Å². The van der Waals surface area contributed by atoms with Gasteiger partial charge in [-0.05, 0) is 46.4 Å². The summed E-state index contributed by atoms with van der Waals surface area (Å²) in [4.78, 5) is 36.2. The summed E-state index contributed by atoms with van der Waals surface area (Å²) in [5, 5.41) is 19.6. The fourth-order valence-electron chi connectivity index (χ4n) is 4.69. The van der Waals surface area contributed by atoms with Gasteiger partial charge in [0.1, 0.15) is 5.69 Å². The number of likely N-dealkylation sites (N-methyl/N-ethyl adjacent to an activating group) is 1. The Morgan fingerprint density at radius 1 is 1.31 bits per heavy atom. The fraction of sp³-hybridized carbons (Fsp3) is 0.545. The molecule has 10 heteroatoms. The summed E-state index contributed by atoms with van der Waals surface area (Å²) >= 11 is 0. The predicted molar refractivity (Wildman–Crippen MR) is 119 cm³/mol. The lowest BCUT2D eigenvalue weighted by Gasteiger charge is -2.46. The number of hydrogen-bond acceptors (Lipinski definition) is 6. The number of amides is 3. The minimum Gasteiger partial charge on any atom is -0.396 e. The Balaban J connectivity index is 1.53. The van der Waals surface area contributed by atoms with Crippen molar-refractivity contribution >= 4 is 17.8 Å². The predicted octanol–water partition coefficient (Wildman–Crippen LogP) is 1.61. The standard InChI is InChI=1S/C22H31N7O3/c1-14-11-27(4)15(8-10-30)12-28(14)21(32)29-13-16-18(22(29,2)3)25-26-19(16)24-20(31)17-7-5-6-9-23-17/h5-7,9,14-15,30H,8,10-13H2,1-4H3,(H2,24,25,26,31)/t14-,15+/m0/s1. The first-order valence-corrected chi connectivity index (χ1v) is 10.9. The molecular weight excluding hydrogens is 410 g/mol. The van der Waals surface area contributed by atoms with Crippen LogP contribution in [0.1, 0.15) is 48.9 Å². The molecule has 0 unspecified atom stereocenters. The lowest BCUT2D eigenvalue weighted by Crippen LogP contribution is -2.61. The molecule has 0 spiro atoms. The van der Waals surface area contributed by atoms with Crippen LogP contribution >= 0.6 is 0 Å². The third-order valence-electron chi connectivity index (χ3n) is 6.65. The van der Waals surface area contributed by atoms with Crippen LogP contribution in [0.25, 0.3) is 0 Å². The van der Waals surface area contributed by atoms with Gasteiger partial charge >= 0.3 is 6.03 Å². The number of fused-ring (bicyclic) bond motifs is 1. The molecule has 2 atom stereocenters. The molecule has 3 N–H and O–H groups in total. The average Bonchev–Trinajstić information content (AvgIpc) is 3.28. The molecule has 0 saturated carbocycles. The number of carbonyl (C=O) groups excluding carboxylic acids is 2. The molecule has 2 aromatic rings. The summed E-state index contributed by atoms with van der Waals surface area (Å²) in [7, 11) is 2.03. The van der Waals surface area contributed by atoms with E-state index in [-0.39, 0.29) is 30.6 Å². The lowest BCUT2D eigenvalue weighted by molar-refractivity contribution is 0.0337. The van der Waals surface area contributed by atoms with E-state index in [4.69, 9.17) is 0 Å². The van der Waals surface area contributed by atoms with E-state index in [0.29, 0.717) is 31.0 Å². The highest BCUT2D eigenvalue weighted by molar-refractivity contribution is 6.02. The normalized spacial score (nSPS) is 22.7. The quantitative estimate of drug-likeness (QED) is 0.664. The van der Waals surface area contributed by atoms with Crippen molar-refractivity contribution in [3.05, 3.63) is 41.3 Å². The molecular formula is C22H31N7O3. The van der Waals surface area contributed by atoms with Crippen molar-refractivity contribution in [2.24, 2.45) is 0 Å². The van der Waals surface area contributed by atoms with Gasteiger partial charge in [0, 0.05) is 43.5 Å². The number of rotatable bonds is 4. The maximum atomic E-state index is 13.6. The molecule has 0 aromatic carbocycles. The highest BCUT2D eigenvalue weighted by atomic mass is 16.3. The van der Waals surface area contributed by atoms with E-state index in [1.54, 1.807) is 24.4 Å². The maximum absolute atomic E-state index is 13.6. The second-order valence-corrected chi connectivity index (χ2v) is 9.13. The molecule has 2 aliphatic heterocycles. The largest absolute Gasteiger partial charge is 0.396 e. The summed E-state index contributed by atoms with van der Waals surface area (Å²) < 4.78 is 0. The van der Waals surface area contributed by atoms with Crippen molar-refractivity contribution in [2.75, 3.05) is 32.1 Å². The summed E-state index contributed by atoms with van der Waals surface area (Å²) in [6.45, 7) is 7.76. The van der Waals surface area contributed by atoms with Crippen molar-refractivity contribution in [2.45, 2.75) is 51.4 Å². The Bertz CT molecular complexity index is 991. The Hall–Kier alpha value is -2.98. The number of pyridine rings is 1. The van der Waals surface area contributed by atoms with Gasteiger partial charge in [0.2, 0.25) is 0 Å². The Kier molecular flexibility index (Phi) is 5.91. The Labute approximate surface area is 187 Å². The average molecular weight is 442 g/mol. The van der Waals surface area contributed by atoms with Crippen LogP contribution in [0.2, 0.25) is 0 Å². The van der Waals surface area contributed by atoms with Crippen LogP contribution in [0, 0.1) is 0 Å². The van der Waals surface area contributed by atoms with Gasteiger partial charge in [0.05, 0.1) is 17.8 Å². The zero-order chi connectivity index (χ0) is 23.0. The van der Waals surface area contributed by atoms with Crippen LogP contribution in [0.15, 0.2) is 24.4 Å². The number of aliphatic hydroxyl groups is 1. The van der Waals surface area contributed by atoms with Gasteiger partial charge in [-0.15, -0.1) is 0 Å². The van der Waals surface area contributed by atoms with Crippen LogP contribution in [0.4, 0.5) is 10.6 Å². The first-order chi connectivity index (χ1) is 15.2. The van der Waals surface area contributed by atoms with Gasteiger partial charge in [-0.3, -0.25) is 19.8 Å². The van der Waals surface area contributed by atoms with Gasteiger partial charge in [0.25, 0.3) is 5.91 Å². The van der Waals surface area contributed by atoms with Crippen molar-refractivity contribution in [3.63, 3.8) is 0 Å². The number of hydrogen-bond donors (Lipinski definition) is 3. The first kappa shape index (κ1) is 22.2. The number of H-pyrrole nitrogens is 1. The Morgan fingerprint density at radius 2 is 2.09 bits per heavy atom. The molecule has 2 aliphatic rings. The molecule has 0 bridgehead atoms. The van der Waals surface area contributed by atoms with E-state index in [1.807, 2.05) is 37.6 Å². The first-order valence-electron chi connectivity index (χ1n) is 10.9. The van der Waals surface area contributed by atoms with Crippen molar-refractivity contribution in [1.29, 1.82) is 0 Å². The van der Waals surface area contributed by atoms with Gasteiger partial charge in [-0.1, -0.05) is 6.07 Å². The molecule has 1 saturated heterocycles. The smallest absolute Gasteiger partial charge is 0.321 e. The van der Waals surface area contributed by atoms with Crippen molar-refractivity contribution in [3.8, 4) is 0 Å². The Morgan fingerprint density at radius 3 is 2.78 bits per heavy atom. The van der Waals surface area contributed by atoms with Gasteiger partial charge < -0.3 is 20.2 Å². The number of aromatic amines is 1. The molecule has 32 heavy (non-hydrogen) atoms. The number of aromatic nitrogens is 3. The van der Waals surface area contributed by atoms with Crippen LogP contribution in [0.5, 0.6) is 0 Å². The van der Waals surface area contributed by atoms with Crippen LogP contribution < -0.4 is 5.32 Å². The minimum atomic E-state index is -0.608.